The van der Waals surface area contributed by atoms with E-state index in [0.29, 0.717) is 11.6 Å². The lowest BCUT2D eigenvalue weighted by molar-refractivity contribution is 0.0407. The van der Waals surface area contributed by atoms with Crippen molar-refractivity contribution in [2.75, 3.05) is 0 Å². The molecule has 0 fully saturated rings. The molecule has 0 spiro atoms. The molecule has 2 unspecified atom stereocenters. The topological polar surface area (TPSA) is 62.2 Å². The number of hydrogen-bond acceptors (Lipinski definition) is 3. The molecule has 2 N–H and O–H groups in total. The van der Waals surface area contributed by atoms with Crippen molar-refractivity contribution in [1.82, 2.24) is 10.3 Å². The molecule has 136 valence electrons. The molecule has 0 saturated carbocycles. The molecule has 0 radical (unpaired) electrons. The SMILES string of the molecule is CCC1C=CC=CC=C1C#Cc1ccc(C(=O)NC(C)C(C)(C)O)nc1. The minimum Gasteiger partial charge on any atom is -0.388 e. The first-order chi connectivity index (χ1) is 12.3. The number of amides is 1. The van der Waals surface area contributed by atoms with Crippen molar-refractivity contribution in [1.29, 1.82) is 0 Å². The maximum atomic E-state index is 12.2. The van der Waals surface area contributed by atoms with Gasteiger partial charge in [-0.3, -0.25) is 4.79 Å². The molecule has 4 heteroatoms. The number of aliphatic hydroxyl groups is 1. The Bertz CT molecular complexity index is 784. The molecule has 2 atom stereocenters. The minimum atomic E-state index is -0.994. The molecule has 0 aromatic carbocycles. The highest BCUT2D eigenvalue weighted by Crippen LogP contribution is 2.18. The average molecular weight is 350 g/mol. The van der Waals surface area contributed by atoms with Crippen molar-refractivity contribution in [3.8, 4) is 11.8 Å². The first kappa shape index (κ1) is 19.7. The van der Waals surface area contributed by atoms with Gasteiger partial charge in [0.1, 0.15) is 5.69 Å². The number of nitrogens with zero attached hydrogens (tertiary/aromatic N) is 1. The van der Waals surface area contributed by atoms with Gasteiger partial charge in [-0.15, -0.1) is 0 Å². The molecular formula is C22H26N2O2. The predicted octanol–water partition coefficient (Wildman–Crippen LogP) is 3.40. The fourth-order valence-electron chi connectivity index (χ4n) is 2.33. The quantitative estimate of drug-likeness (QED) is 0.818. The number of pyridine rings is 1. The van der Waals surface area contributed by atoms with Crippen molar-refractivity contribution in [3.63, 3.8) is 0 Å². The zero-order chi connectivity index (χ0) is 19.2. The van der Waals surface area contributed by atoms with E-state index in [4.69, 9.17) is 0 Å². The molecule has 26 heavy (non-hydrogen) atoms. The number of nitrogens with one attached hydrogen (secondary N) is 1. The monoisotopic (exact) mass is 350 g/mol. The van der Waals surface area contributed by atoms with Crippen LogP contribution in [-0.2, 0) is 0 Å². The number of rotatable bonds is 4. The Hall–Kier alpha value is -2.64. The van der Waals surface area contributed by atoms with Gasteiger partial charge in [0.15, 0.2) is 0 Å². The summed E-state index contributed by atoms with van der Waals surface area (Å²) in [5, 5.41) is 12.7. The van der Waals surface area contributed by atoms with E-state index in [1.54, 1.807) is 39.1 Å². The van der Waals surface area contributed by atoms with Gasteiger partial charge in [0.25, 0.3) is 5.91 Å². The van der Waals surface area contributed by atoms with E-state index in [1.165, 1.54) is 0 Å². The van der Waals surface area contributed by atoms with E-state index in [1.807, 2.05) is 24.3 Å². The second kappa shape index (κ2) is 8.64. The summed E-state index contributed by atoms with van der Waals surface area (Å²) in [5.74, 6) is 6.34. The molecule has 2 rings (SSSR count). The first-order valence-electron chi connectivity index (χ1n) is 8.87. The molecular weight excluding hydrogens is 324 g/mol. The van der Waals surface area contributed by atoms with Gasteiger partial charge in [-0.25, -0.2) is 4.98 Å². The Morgan fingerprint density at radius 3 is 2.69 bits per heavy atom. The third-order valence-corrected chi connectivity index (χ3v) is 4.44. The molecule has 1 heterocycles. The van der Waals surface area contributed by atoms with Crippen LogP contribution in [0.4, 0.5) is 0 Å². The van der Waals surface area contributed by atoms with Gasteiger partial charge in [0, 0.05) is 23.3 Å². The fraction of sp³-hybridized carbons (Fsp3) is 0.364. The van der Waals surface area contributed by atoms with Gasteiger partial charge in [-0.1, -0.05) is 49.1 Å². The molecule has 0 bridgehead atoms. The molecule has 1 aromatic heterocycles. The van der Waals surface area contributed by atoms with Crippen molar-refractivity contribution in [3.05, 3.63) is 65.5 Å². The summed E-state index contributed by atoms with van der Waals surface area (Å²) in [6.45, 7) is 7.20. The normalized spacial score (nSPS) is 17.6. The highest BCUT2D eigenvalue weighted by molar-refractivity contribution is 5.92. The third-order valence-electron chi connectivity index (χ3n) is 4.44. The minimum absolute atomic E-state index is 0.303. The molecule has 1 aromatic rings. The lowest BCUT2D eigenvalue weighted by atomic mass is 9.96. The molecule has 4 nitrogen and oxygen atoms in total. The Balaban J connectivity index is 2.09. The third kappa shape index (κ3) is 5.44. The lowest BCUT2D eigenvalue weighted by Crippen LogP contribution is -2.47. The van der Waals surface area contributed by atoms with Crippen molar-refractivity contribution < 1.29 is 9.90 Å². The van der Waals surface area contributed by atoms with Crippen LogP contribution >= 0.6 is 0 Å². The number of allylic oxidation sites excluding steroid dienone is 6. The summed E-state index contributed by atoms with van der Waals surface area (Å²) in [6, 6.07) is 3.05. The van der Waals surface area contributed by atoms with Crippen molar-refractivity contribution in [2.24, 2.45) is 5.92 Å². The summed E-state index contributed by atoms with van der Waals surface area (Å²) in [6.07, 6.45) is 12.8. The van der Waals surface area contributed by atoms with E-state index in [2.05, 4.69) is 35.1 Å². The number of aromatic nitrogens is 1. The van der Waals surface area contributed by atoms with Gasteiger partial charge in [-0.05, 0) is 39.3 Å². The van der Waals surface area contributed by atoms with E-state index in [0.717, 1.165) is 17.6 Å². The van der Waals surface area contributed by atoms with Gasteiger partial charge in [0.2, 0.25) is 0 Å². The Morgan fingerprint density at radius 2 is 2.08 bits per heavy atom. The number of carbonyl (C=O) groups excluding carboxylic acids is 1. The highest BCUT2D eigenvalue weighted by Gasteiger charge is 2.24. The van der Waals surface area contributed by atoms with E-state index in [-0.39, 0.29) is 11.9 Å². The zero-order valence-corrected chi connectivity index (χ0v) is 15.8. The maximum absolute atomic E-state index is 12.2. The Labute approximate surface area is 155 Å². The lowest BCUT2D eigenvalue weighted by Gasteiger charge is -2.26. The molecule has 1 aliphatic rings. The van der Waals surface area contributed by atoms with Gasteiger partial charge in [-0.2, -0.15) is 0 Å². The van der Waals surface area contributed by atoms with Crippen molar-refractivity contribution in [2.45, 2.75) is 45.8 Å². The van der Waals surface area contributed by atoms with Crippen molar-refractivity contribution >= 4 is 5.91 Å². The number of carbonyl (C=O) groups is 1. The largest absolute Gasteiger partial charge is 0.388 e. The summed E-state index contributed by atoms with van der Waals surface area (Å²) in [5.41, 5.74) is 1.13. The van der Waals surface area contributed by atoms with Crippen LogP contribution in [0.1, 0.15) is 50.2 Å². The summed E-state index contributed by atoms with van der Waals surface area (Å²) < 4.78 is 0. The van der Waals surface area contributed by atoms with Gasteiger partial charge in [0.05, 0.1) is 11.6 Å². The molecule has 1 amide bonds. The van der Waals surface area contributed by atoms with Crippen LogP contribution < -0.4 is 5.32 Å². The standard InChI is InChI=1S/C22H26N2O2/c1-5-18-9-7-6-8-10-19(18)13-11-17-12-14-20(23-15-17)21(25)24-16(2)22(3,4)26/h6-10,12,14-16,18,26H,5H2,1-4H3,(H,24,25). The molecule has 1 aliphatic carbocycles. The van der Waals surface area contributed by atoms with Crippen LogP contribution in [0.3, 0.4) is 0 Å². The van der Waals surface area contributed by atoms with Crippen LogP contribution in [0, 0.1) is 17.8 Å². The van der Waals surface area contributed by atoms with E-state index < -0.39 is 5.60 Å². The highest BCUT2D eigenvalue weighted by atomic mass is 16.3. The van der Waals surface area contributed by atoms with Crippen LogP contribution in [0.15, 0.2) is 54.3 Å². The summed E-state index contributed by atoms with van der Waals surface area (Å²) >= 11 is 0. The van der Waals surface area contributed by atoms with Crippen LogP contribution in [0.25, 0.3) is 0 Å². The summed E-state index contributed by atoms with van der Waals surface area (Å²) in [4.78, 5) is 16.4. The maximum Gasteiger partial charge on any atom is 0.270 e. The smallest absolute Gasteiger partial charge is 0.270 e. The van der Waals surface area contributed by atoms with Gasteiger partial charge < -0.3 is 10.4 Å². The van der Waals surface area contributed by atoms with E-state index in [9.17, 15) is 9.90 Å². The van der Waals surface area contributed by atoms with Crippen LogP contribution in [0.5, 0.6) is 0 Å². The van der Waals surface area contributed by atoms with E-state index >= 15 is 0 Å². The second-order valence-corrected chi connectivity index (χ2v) is 6.94. The molecule has 0 aliphatic heterocycles. The summed E-state index contributed by atoms with van der Waals surface area (Å²) in [7, 11) is 0. The Morgan fingerprint density at radius 1 is 1.31 bits per heavy atom. The van der Waals surface area contributed by atoms with Gasteiger partial charge >= 0.3 is 0 Å². The zero-order valence-electron chi connectivity index (χ0n) is 15.8. The fourth-order valence-corrected chi connectivity index (χ4v) is 2.33. The molecule has 0 saturated heterocycles. The van der Waals surface area contributed by atoms with Crippen LogP contribution in [0.2, 0.25) is 0 Å². The number of hydrogen-bond donors (Lipinski definition) is 2. The Kier molecular flexibility index (Phi) is 6.54. The second-order valence-electron chi connectivity index (χ2n) is 6.94. The predicted molar refractivity (Wildman–Crippen MR) is 104 cm³/mol. The first-order valence-corrected chi connectivity index (χ1v) is 8.87. The average Bonchev–Trinajstić information content (AvgIpc) is 2.84. The van der Waals surface area contributed by atoms with Crippen LogP contribution in [-0.4, -0.2) is 27.6 Å².